The molecule has 1 aromatic carbocycles. The zero-order valence-corrected chi connectivity index (χ0v) is 20.5. The maximum Gasteiger partial charge on any atom is 0.246 e. The van der Waals surface area contributed by atoms with Gasteiger partial charge in [0.25, 0.3) is 0 Å². The summed E-state index contributed by atoms with van der Waals surface area (Å²) in [7, 11) is 3.36. The van der Waals surface area contributed by atoms with Gasteiger partial charge in [-0.05, 0) is 18.6 Å². The maximum absolute atomic E-state index is 15.2. The fraction of sp³-hybridized carbons (Fsp3) is 0.280. The number of nitrogens with two attached hydrogens (primary N) is 1. The molecule has 0 saturated carbocycles. The number of nitrogen functional groups attached to an aromatic ring is 1. The average Bonchev–Trinajstić information content (AvgIpc) is 3.55. The van der Waals surface area contributed by atoms with E-state index < -0.39 is 5.82 Å². The smallest absolute Gasteiger partial charge is 0.246 e. The molecule has 5 rings (SSSR count). The number of ether oxygens (including phenoxy) is 1. The Morgan fingerprint density at radius 3 is 2.94 bits per heavy atom. The van der Waals surface area contributed by atoms with Crippen molar-refractivity contribution >= 4 is 45.4 Å². The lowest BCUT2D eigenvalue weighted by molar-refractivity contribution is -0.127. The van der Waals surface area contributed by atoms with Crippen LogP contribution in [-0.4, -0.2) is 61.2 Å². The number of amides is 1. The summed E-state index contributed by atoms with van der Waals surface area (Å²) >= 11 is 6.37. The number of anilines is 1. The molecule has 9 nitrogen and oxygen atoms in total. The highest BCUT2D eigenvalue weighted by Gasteiger charge is 2.36. The van der Waals surface area contributed by atoms with Crippen LogP contribution in [0, 0.1) is 17.7 Å². The Labute approximate surface area is 211 Å². The number of imidazole rings is 1. The van der Waals surface area contributed by atoms with E-state index in [2.05, 4.69) is 33.4 Å². The number of likely N-dealkylation sites (tertiary alicyclic amines) is 1. The van der Waals surface area contributed by atoms with Crippen LogP contribution >= 0.6 is 11.6 Å². The Balaban J connectivity index is 1.59. The van der Waals surface area contributed by atoms with E-state index in [1.807, 2.05) is 10.8 Å². The number of benzene rings is 1. The van der Waals surface area contributed by atoms with Crippen molar-refractivity contribution in [1.29, 1.82) is 0 Å². The molecule has 1 aliphatic heterocycles. The lowest BCUT2D eigenvalue weighted by Crippen LogP contribution is -2.37. The number of methoxy groups -OCH3 is 1. The molecule has 4 heterocycles. The first-order valence-electron chi connectivity index (χ1n) is 11.2. The van der Waals surface area contributed by atoms with E-state index in [4.69, 9.17) is 22.1 Å². The van der Waals surface area contributed by atoms with Crippen LogP contribution in [0.2, 0.25) is 5.02 Å². The average molecular weight is 508 g/mol. The Morgan fingerprint density at radius 1 is 1.39 bits per heavy atom. The van der Waals surface area contributed by atoms with Gasteiger partial charge in [-0.3, -0.25) is 4.79 Å². The SMILES string of the molecule is C=CC(=O)N1C[C@@H](n2cc(C#Cc3c(Cl)cc4c(ncn4C)c3F)c3c(N)ncnc32)C[C@@H]1COC. The third-order valence-corrected chi connectivity index (χ3v) is 6.77. The van der Waals surface area contributed by atoms with Crippen molar-refractivity contribution in [2.45, 2.75) is 18.5 Å². The number of halogens is 2. The van der Waals surface area contributed by atoms with Crippen LogP contribution < -0.4 is 5.73 Å². The quantitative estimate of drug-likeness (QED) is 0.336. The van der Waals surface area contributed by atoms with Gasteiger partial charge in [-0.25, -0.2) is 19.3 Å². The maximum atomic E-state index is 15.2. The summed E-state index contributed by atoms with van der Waals surface area (Å²) in [4.78, 5) is 26.8. The molecule has 1 amide bonds. The lowest BCUT2D eigenvalue weighted by atomic mass is 10.1. The Hall–Kier alpha value is -3.94. The first-order valence-corrected chi connectivity index (χ1v) is 11.6. The van der Waals surface area contributed by atoms with Gasteiger partial charge < -0.3 is 24.5 Å². The summed E-state index contributed by atoms with van der Waals surface area (Å²) in [6.45, 7) is 4.45. The number of hydrogen-bond acceptors (Lipinski definition) is 6. The van der Waals surface area contributed by atoms with Crippen molar-refractivity contribution in [1.82, 2.24) is 29.0 Å². The highest BCUT2D eigenvalue weighted by molar-refractivity contribution is 6.32. The van der Waals surface area contributed by atoms with Crippen LogP contribution in [0.1, 0.15) is 23.6 Å². The topological polar surface area (TPSA) is 104 Å². The molecule has 0 unspecified atom stereocenters. The monoisotopic (exact) mass is 507 g/mol. The van der Waals surface area contributed by atoms with E-state index in [1.165, 1.54) is 18.7 Å². The molecule has 1 fully saturated rings. The molecule has 3 aromatic heterocycles. The summed E-state index contributed by atoms with van der Waals surface area (Å²) < 4.78 is 24.1. The largest absolute Gasteiger partial charge is 0.383 e. The van der Waals surface area contributed by atoms with Crippen molar-refractivity contribution < 1.29 is 13.9 Å². The second kappa shape index (κ2) is 9.26. The highest BCUT2D eigenvalue weighted by Crippen LogP contribution is 2.34. The minimum atomic E-state index is -0.588. The van der Waals surface area contributed by atoms with Gasteiger partial charge >= 0.3 is 0 Å². The van der Waals surface area contributed by atoms with Crippen molar-refractivity contribution in [3.05, 3.63) is 59.5 Å². The van der Waals surface area contributed by atoms with Crippen LogP contribution in [0.15, 0.2) is 37.6 Å². The molecule has 2 N–H and O–H groups in total. The van der Waals surface area contributed by atoms with E-state index in [9.17, 15) is 4.79 Å². The number of rotatable bonds is 4. The van der Waals surface area contributed by atoms with Crippen LogP contribution in [0.25, 0.3) is 22.1 Å². The summed E-state index contributed by atoms with van der Waals surface area (Å²) in [5, 5.41) is 0.734. The minimum Gasteiger partial charge on any atom is -0.383 e. The molecule has 11 heteroatoms. The molecule has 36 heavy (non-hydrogen) atoms. The molecule has 4 aromatic rings. The molecule has 0 spiro atoms. The second-order valence-corrected chi connectivity index (χ2v) is 9.03. The van der Waals surface area contributed by atoms with Gasteiger partial charge in [0.2, 0.25) is 5.91 Å². The number of fused-ring (bicyclic) bond motifs is 2. The summed E-state index contributed by atoms with van der Waals surface area (Å²) in [6.07, 6.45) is 6.65. The molecule has 1 aliphatic rings. The van der Waals surface area contributed by atoms with Gasteiger partial charge in [0, 0.05) is 26.9 Å². The molecule has 184 valence electrons. The van der Waals surface area contributed by atoms with Gasteiger partial charge in [-0.2, -0.15) is 0 Å². The van der Waals surface area contributed by atoms with Crippen molar-refractivity contribution in [2.75, 3.05) is 26.0 Å². The number of aryl methyl sites for hydroxylation is 1. The molecular formula is C25H23ClFN7O2. The van der Waals surface area contributed by atoms with Gasteiger partial charge in [0.15, 0.2) is 5.82 Å². The second-order valence-electron chi connectivity index (χ2n) is 8.62. The first kappa shape index (κ1) is 23.8. The standard InChI is InChI=1S/C25H23ClFN7O2/c1-4-20(35)33-10-15(7-16(33)11-36-3)34-9-14(21-24(28)29-12-30-25(21)34)5-6-17-18(26)8-19-23(22(17)27)31-13-32(19)2/h4,8-9,12-13,15-16H,1,7,10-11H2,2-3H3,(H2,28,29,30)/t15-,16+/m0/s1. The molecule has 0 bridgehead atoms. The van der Waals surface area contributed by atoms with Gasteiger partial charge in [0.05, 0.1) is 52.1 Å². The predicted octanol–water partition coefficient (Wildman–Crippen LogP) is 3.07. The molecule has 1 saturated heterocycles. The summed E-state index contributed by atoms with van der Waals surface area (Å²) in [5.74, 6) is 5.37. The zero-order valence-electron chi connectivity index (χ0n) is 19.7. The van der Waals surface area contributed by atoms with Crippen molar-refractivity contribution in [3.8, 4) is 11.8 Å². The third kappa shape index (κ3) is 3.86. The van der Waals surface area contributed by atoms with Gasteiger partial charge in [-0.15, -0.1) is 0 Å². The number of carbonyl (C=O) groups excluding carboxylic acids is 1. The Kier molecular flexibility index (Phi) is 6.12. The fourth-order valence-corrected chi connectivity index (χ4v) is 4.98. The molecule has 0 aliphatic carbocycles. The number of nitrogens with zero attached hydrogens (tertiary/aromatic N) is 6. The van der Waals surface area contributed by atoms with E-state index >= 15 is 4.39 Å². The number of carbonyl (C=O) groups is 1. The number of hydrogen-bond donors (Lipinski definition) is 1. The van der Waals surface area contributed by atoms with Crippen LogP contribution in [-0.2, 0) is 16.6 Å². The Morgan fingerprint density at radius 2 is 2.19 bits per heavy atom. The van der Waals surface area contributed by atoms with E-state index in [0.717, 1.165) is 0 Å². The first-order chi connectivity index (χ1) is 17.3. The van der Waals surface area contributed by atoms with Crippen molar-refractivity contribution in [3.63, 3.8) is 0 Å². The van der Waals surface area contributed by atoms with E-state index in [-0.39, 0.29) is 39.9 Å². The van der Waals surface area contributed by atoms with Gasteiger partial charge in [-0.1, -0.05) is 30.0 Å². The van der Waals surface area contributed by atoms with Crippen LogP contribution in [0.4, 0.5) is 10.2 Å². The number of aromatic nitrogens is 5. The summed E-state index contributed by atoms with van der Waals surface area (Å²) in [6, 6.07) is 1.42. The molecular weight excluding hydrogens is 485 g/mol. The Bertz CT molecular complexity index is 1580. The fourth-order valence-electron chi connectivity index (χ4n) is 4.75. The third-order valence-electron chi connectivity index (χ3n) is 6.48. The normalized spacial score (nSPS) is 17.5. The van der Waals surface area contributed by atoms with E-state index in [1.54, 1.807) is 29.7 Å². The van der Waals surface area contributed by atoms with Gasteiger partial charge in [0.1, 0.15) is 23.3 Å². The summed E-state index contributed by atoms with van der Waals surface area (Å²) in [5.41, 5.74) is 8.11. The molecule has 0 radical (unpaired) electrons. The zero-order chi connectivity index (χ0) is 25.6. The highest BCUT2D eigenvalue weighted by atomic mass is 35.5. The predicted molar refractivity (Wildman–Crippen MR) is 135 cm³/mol. The minimum absolute atomic E-state index is 0.0444. The van der Waals surface area contributed by atoms with Crippen molar-refractivity contribution in [2.24, 2.45) is 7.05 Å². The van der Waals surface area contributed by atoms with Crippen LogP contribution in [0.5, 0.6) is 0 Å². The molecule has 2 atom stereocenters. The van der Waals surface area contributed by atoms with Crippen LogP contribution in [0.3, 0.4) is 0 Å². The van der Waals surface area contributed by atoms with E-state index in [0.29, 0.717) is 41.7 Å². The lowest BCUT2D eigenvalue weighted by Gasteiger charge is -2.22.